The molecule has 2 N–H and O–H groups in total. The minimum Gasteiger partial charge on any atom is -0.396 e. The van der Waals surface area contributed by atoms with Crippen molar-refractivity contribution in [1.29, 1.82) is 0 Å². The fraction of sp³-hybridized carbons (Fsp3) is 0.500. The molecular weight excluding hydrogens is 409 g/mol. The van der Waals surface area contributed by atoms with Crippen LogP contribution in [0.5, 0.6) is 0 Å². The first-order chi connectivity index (χ1) is 14.5. The molecule has 2 aromatic carbocycles. The van der Waals surface area contributed by atoms with Gasteiger partial charge in [-0.1, -0.05) is 48.5 Å². The van der Waals surface area contributed by atoms with Crippen LogP contribution in [0, 0.1) is 0 Å². The zero-order chi connectivity index (χ0) is 21.5. The van der Waals surface area contributed by atoms with Crippen LogP contribution in [-0.4, -0.2) is 54.6 Å². The van der Waals surface area contributed by atoms with Crippen molar-refractivity contribution in [2.75, 3.05) is 25.5 Å². The molecule has 0 bridgehead atoms. The van der Waals surface area contributed by atoms with Gasteiger partial charge in [0.05, 0.1) is 11.0 Å². The van der Waals surface area contributed by atoms with Gasteiger partial charge in [-0.25, -0.2) is 0 Å². The van der Waals surface area contributed by atoms with E-state index in [1.54, 1.807) is 0 Å². The number of aliphatic hydroxyl groups excluding tert-OH is 2. The van der Waals surface area contributed by atoms with E-state index >= 15 is 0 Å². The quantitative estimate of drug-likeness (QED) is 0.521. The second kappa shape index (κ2) is 11.1. The zero-order valence-corrected chi connectivity index (χ0v) is 19.6. The fourth-order valence-corrected chi connectivity index (χ4v) is 12.2. The molecule has 3 unspecified atom stereocenters. The van der Waals surface area contributed by atoms with Crippen LogP contribution in [0.15, 0.2) is 60.7 Å². The smallest absolute Gasteiger partial charge is 0.371 e. The largest absolute Gasteiger partial charge is 0.396 e. The molecule has 30 heavy (non-hydrogen) atoms. The summed E-state index contributed by atoms with van der Waals surface area (Å²) in [5.74, 6) is 0. The number of benzene rings is 2. The van der Waals surface area contributed by atoms with Crippen molar-refractivity contribution in [2.24, 2.45) is 0 Å². The minimum atomic E-state index is -2.21. The van der Waals surface area contributed by atoms with E-state index in [-0.39, 0.29) is 18.9 Å². The van der Waals surface area contributed by atoms with Crippen LogP contribution in [-0.2, 0) is 4.57 Å². The van der Waals surface area contributed by atoms with E-state index in [0.717, 1.165) is 36.9 Å². The van der Waals surface area contributed by atoms with Crippen LogP contribution in [0.4, 0.5) is 0 Å². The average molecular weight is 443 g/mol. The third-order valence-electron chi connectivity index (χ3n) is 6.69. The van der Waals surface area contributed by atoms with E-state index in [2.05, 4.69) is 24.3 Å². The molecule has 0 saturated carbocycles. The van der Waals surface area contributed by atoms with Gasteiger partial charge in [-0.2, -0.15) is 0 Å². The molecule has 2 aromatic rings. The summed E-state index contributed by atoms with van der Waals surface area (Å²) in [5, 5.41) is 20.4. The molecule has 2 radical (unpaired) electrons. The van der Waals surface area contributed by atoms with E-state index in [4.69, 9.17) is 17.8 Å². The molecule has 2 heterocycles. The van der Waals surface area contributed by atoms with Crippen LogP contribution in [0.3, 0.4) is 0 Å². The molecule has 2 fully saturated rings. The number of hydrogen-bond acceptors (Lipinski definition) is 3. The third-order valence-corrected chi connectivity index (χ3v) is 14.7. The molecule has 2 aliphatic heterocycles. The predicted octanol–water partition coefficient (Wildman–Crippen LogP) is 4.18. The number of rotatable bonds is 6. The maximum Gasteiger partial charge on any atom is 0.371 e. The van der Waals surface area contributed by atoms with Crippen LogP contribution in [0.25, 0.3) is 0 Å². The van der Waals surface area contributed by atoms with Gasteiger partial charge in [0.25, 0.3) is 0 Å². The molecule has 0 aromatic heterocycles. The summed E-state index contributed by atoms with van der Waals surface area (Å²) in [4.78, 5) is 0. The van der Waals surface area contributed by atoms with Gasteiger partial charge in [0.1, 0.15) is 7.14 Å². The van der Waals surface area contributed by atoms with Gasteiger partial charge in [-0.3, -0.25) is 0 Å². The molecule has 2 saturated heterocycles. The fourth-order valence-electron chi connectivity index (χ4n) is 5.05. The lowest BCUT2D eigenvalue weighted by molar-refractivity contribution is 0.285. The highest BCUT2D eigenvalue weighted by molar-refractivity contribution is 8.03. The second-order valence-electron chi connectivity index (χ2n) is 8.46. The van der Waals surface area contributed by atoms with Crippen molar-refractivity contribution in [1.82, 2.24) is 0 Å². The Labute approximate surface area is 183 Å². The van der Waals surface area contributed by atoms with Crippen LogP contribution >= 0.6 is 14.3 Å². The number of hydrogen-bond donors (Lipinski definition) is 2. The summed E-state index contributed by atoms with van der Waals surface area (Å²) >= 11 is 0. The highest BCUT2D eigenvalue weighted by Crippen LogP contribution is 2.64. The van der Waals surface area contributed by atoms with Gasteiger partial charge in [-0.05, 0) is 51.4 Å². The first-order valence-corrected chi connectivity index (χ1v) is 15.2. The molecule has 0 aliphatic carbocycles. The summed E-state index contributed by atoms with van der Waals surface area (Å²) in [6, 6.07) is 20.3. The first kappa shape index (κ1) is 23.7. The summed E-state index contributed by atoms with van der Waals surface area (Å²) in [6.07, 6.45) is 8.00. The van der Waals surface area contributed by atoms with Gasteiger partial charge in [0.2, 0.25) is 0 Å². The second-order valence-corrected chi connectivity index (χ2v) is 15.3. The Balaban J connectivity index is 0.000000171. The van der Waals surface area contributed by atoms with E-state index in [0.29, 0.717) is 12.1 Å². The Morgan fingerprint density at radius 3 is 2.17 bits per heavy atom. The van der Waals surface area contributed by atoms with Crippen molar-refractivity contribution >= 4 is 32.5 Å². The molecule has 4 rings (SSSR count). The Morgan fingerprint density at radius 1 is 0.900 bits per heavy atom. The lowest BCUT2D eigenvalue weighted by Crippen LogP contribution is -2.21. The van der Waals surface area contributed by atoms with Crippen molar-refractivity contribution in [3.05, 3.63) is 60.7 Å². The Hall–Kier alpha value is -0.915. The molecule has 4 atom stereocenters. The monoisotopic (exact) mass is 443 g/mol. The lowest BCUT2D eigenvalue weighted by Gasteiger charge is -2.25. The maximum absolute atomic E-state index is 12.8. The minimum absolute atomic E-state index is 0.154. The Bertz CT molecular complexity index is 818. The topological polar surface area (TPSA) is 57.5 Å². The van der Waals surface area contributed by atoms with Gasteiger partial charge in [0.15, 0.2) is 0 Å². The zero-order valence-electron chi connectivity index (χ0n) is 17.8. The van der Waals surface area contributed by atoms with Gasteiger partial charge < -0.3 is 14.8 Å². The average Bonchev–Trinajstić information content (AvgIpc) is 3.35. The molecule has 2 aliphatic rings. The highest BCUT2D eigenvalue weighted by atomic mass is 31.2. The summed E-state index contributed by atoms with van der Waals surface area (Å²) in [7, 11) is 2.94. The van der Waals surface area contributed by atoms with Crippen molar-refractivity contribution in [2.45, 2.75) is 49.8 Å². The molecule has 0 amide bonds. The Morgan fingerprint density at radius 2 is 1.53 bits per heavy atom. The normalized spacial score (nSPS) is 30.6. The summed E-state index contributed by atoms with van der Waals surface area (Å²) < 4.78 is 12.8. The number of aliphatic hydroxyl groups is 2. The van der Waals surface area contributed by atoms with Gasteiger partial charge >= 0.3 is 7.57 Å². The van der Waals surface area contributed by atoms with Crippen molar-refractivity contribution in [3.8, 4) is 0 Å². The molecule has 0 spiro atoms. The SMILES string of the molecule is O=[P@]1(c2ccccc2)CCCC1CCO.[B][P+]1(c2ccccc2)CCCC1CCO. The van der Waals surface area contributed by atoms with Crippen molar-refractivity contribution in [3.63, 3.8) is 0 Å². The Kier molecular flexibility index (Phi) is 8.78. The lowest BCUT2D eigenvalue weighted by atomic mass is 10.2. The third kappa shape index (κ3) is 5.28. The van der Waals surface area contributed by atoms with E-state index in [1.165, 1.54) is 18.1 Å². The van der Waals surface area contributed by atoms with Crippen LogP contribution < -0.4 is 10.6 Å². The van der Waals surface area contributed by atoms with Crippen LogP contribution in [0.2, 0.25) is 0 Å². The molecule has 6 heteroatoms. The predicted molar refractivity (Wildman–Crippen MR) is 132 cm³/mol. The molecule has 160 valence electrons. The maximum atomic E-state index is 12.8. The van der Waals surface area contributed by atoms with Crippen LogP contribution in [0.1, 0.15) is 38.5 Å². The van der Waals surface area contributed by atoms with E-state index in [9.17, 15) is 4.57 Å². The van der Waals surface area contributed by atoms with Gasteiger partial charge in [-0.15, -0.1) is 0 Å². The van der Waals surface area contributed by atoms with E-state index in [1.807, 2.05) is 36.4 Å². The highest BCUT2D eigenvalue weighted by Gasteiger charge is 2.46. The first-order valence-electron chi connectivity index (χ1n) is 11.1. The van der Waals surface area contributed by atoms with E-state index < -0.39 is 14.3 Å². The summed E-state index contributed by atoms with van der Waals surface area (Å²) in [6.45, 7) is 0.429. The standard InChI is InChI=1S/C12H17BOP.C12H17O2P/c13-15(11-5-2-1-3-6-11)10-4-7-12(15)8-9-14;13-9-8-12-7-4-10-15(12,14)11-5-2-1-3-6-11/h1-3,5-6,12,14H,4,7-10H2;1-3,5-6,12-13H,4,7-10H2/q+1;/t;12?,15-/m.0/s1. The van der Waals surface area contributed by atoms with Gasteiger partial charge in [0, 0.05) is 42.9 Å². The molecular formula is C24H34BO3P2+. The summed E-state index contributed by atoms with van der Waals surface area (Å²) in [5.41, 5.74) is 0.759. The van der Waals surface area contributed by atoms with Crippen molar-refractivity contribution < 1.29 is 14.8 Å². The molecule has 3 nitrogen and oxygen atoms in total.